The highest BCUT2D eigenvalue weighted by molar-refractivity contribution is 5.63. The van der Waals surface area contributed by atoms with Crippen molar-refractivity contribution < 1.29 is 9.50 Å². The van der Waals surface area contributed by atoms with Crippen molar-refractivity contribution in [1.29, 1.82) is 0 Å². The Balaban J connectivity index is 2.28. The summed E-state index contributed by atoms with van der Waals surface area (Å²) < 4.78 is 12.9. The second-order valence-corrected chi connectivity index (χ2v) is 4.81. The summed E-state index contributed by atoms with van der Waals surface area (Å²) in [4.78, 5) is 0. The third kappa shape index (κ3) is 3.26. The summed E-state index contributed by atoms with van der Waals surface area (Å²) in [5.41, 5.74) is 1.53. The molecule has 0 aromatic heterocycles. The fourth-order valence-corrected chi connectivity index (χ4v) is 1.96. The minimum absolute atomic E-state index is 0.247. The van der Waals surface area contributed by atoms with Crippen LogP contribution in [0, 0.1) is 17.7 Å². The van der Waals surface area contributed by atoms with Crippen LogP contribution in [-0.2, 0) is 5.60 Å². The Morgan fingerprint density at radius 3 is 2.00 bits per heavy atom. The maximum atomic E-state index is 12.9. The summed E-state index contributed by atoms with van der Waals surface area (Å²) in [6.45, 7) is 3.63. The van der Waals surface area contributed by atoms with Gasteiger partial charge in [-0.1, -0.05) is 49.2 Å². The van der Waals surface area contributed by atoms with Gasteiger partial charge >= 0.3 is 0 Å². The second-order valence-electron chi connectivity index (χ2n) is 4.81. The Labute approximate surface area is 119 Å². The number of aliphatic hydroxyl groups is 1. The fourth-order valence-electron chi connectivity index (χ4n) is 1.96. The standard InChI is InChI=1S/C18H17FO/c1-3-4-13-18(2,20)16-9-5-14(6-10-16)15-7-11-17(19)12-8-15/h5-12,20H,3H2,1-2H3. The average molecular weight is 268 g/mol. The predicted octanol–water partition coefficient (Wildman–Crippen LogP) is 4.11. The molecule has 20 heavy (non-hydrogen) atoms. The Morgan fingerprint density at radius 1 is 1.00 bits per heavy atom. The van der Waals surface area contributed by atoms with Gasteiger partial charge < -0.3 is 5.11 Å². The van der Waals surface area contributed by atoms with Crippen LogP contribution < -0.4 is 0 Å². The molecule has 2 rings (SSSR count). The van der Waals surface area contributed by atoms with Gasteiger partial charge in [0.25, 0.3) is 0 Å². The zero-order valence-corrected chi connectivity index (χ0v) is 11.7. The summed E-state index contributed by atoms with van der Waals surface area (Å²) in [6, 6.07) is 13.9. The van der Waals surface area contributed by atoms with E-state index in [4.69, 9.17) is 0 Å². The summed E-state index contributed by atoms with van der Waals surface area (Å²) in [5, 5.41) is 10.3. The molecule has 0 radical (unpaired) electrons. The Bertz CT molecular complexity index is 628. The lowest BCUT2D eigenvalue weighted by molar-refractivity contribution is 0.122. The van der Waals surface area contributed by atoms with Gasteiger partial charge in [0.05, 0.1) is 0 Å². The van der Waals surface area contributed by atoms with Crippen molar-refractivity contribution in [3.63, 3.8) is 0 Å². The molecule has 1 nitrogen and oxygen atoms in total. The molecule has 2 aromatic carbocycles. The molecular weight excluding hydrogens is 251 g/mol. The minimum Gasteiger partial charge on any atom is -0.374 e. The van der Waals surface area contributed by atoms with Crippen molar-refractivity contribution in [2.75, 3.05) is 0 Å². The van der Waals surface area contributed by atoms with Crippen LogP contribution in [0.15, 0.2) is 48.5 Å². The fraction of sp³-hybridized carbons (Fsp3) is 0.222. The van der Waals surface area contributed by atoms with Crippen LogP contribution in [0.2, 0.25) is 0 Å². The number of rotatable bonds is 2. The Morgan fingerprint density at radius 2 is 1.50 bits per heavy atom. The van der Waals surface area contributed by atoms with Gasteiger partial charge in [0.2, 0.25) is 0 Å². The molecule has 0 spiro atoms. The zero-order valence-electron chi connectivity index (χ0n) is 11.7. The van der Waals surface area contributed by atoms with Crippen molar-refractivity contribution >= 4 is 0 Å². The molecule has 1 N–H and O–H groups in total. The smallest absolute Gasteiger partial charge is 0.148 e. The van der Waals surface area contributed by atoms with Crippen LogP contribution in [-0.4, -0.2) is 5.11 Å². The quantitative estimate of drug-likeness (QED) is 0.812. The number of hydrogen-bond acceptors (Lipinski definition) is 1. The lowest BCUT2D eigenvalue weighted by atomic mass is 9.94. The summed E-state index contributed by atoms with van der Waals surface area (Å²) in [5.74, 6) is 5.50. The molecule has 102 valence electrons. The van der Waals surface area contributed by atoms with E-state index >= 15 is 0 Å². The second kappa shape index (κ2) is 5.90. The molecule has 0 heterocycles. The molecule has 2 aromatic rings. The molecule has 1 atom stereocenters. The molecule has 0 saturated carbocycles. The number of halogens is 1. The van der Waals surface area contributed by atoms with Gasteiger partial charge in [0.1, 0.15) is 11.4 Å². The summed E-state index contributed by atoms with van der Waals surface area (Å²) >= 11 is 0. The summed E-state index contributed by atoms with van der Waals surface area (Å²) in [6.07, 6.45) is 0.712. The predicted molar refractivity (Wildman–Crippen MR) is 79.5 cm³/mol. The normalized spacial score (nSPS) is 13.2. The SMILES string of the molecule is CCC#CC(C)(O)c1ccc(-c2ccc(F)cc2)cc1. The molecule has 0 aliphatic rings. The van der Waals surface area contributed by atoms with Crippen LogP contribution >= 0.6 is 0 Å². The van der Waals surface area contributed by atoms with E-state index in [1.807, 2.05) is 31.2 Å². The Kier molecular flexibility index (Phi) is 4.22. The van der Waals surface area contributed by atoms with Crippen LogP contribution in [0.4, 0.5) is 4.39 Å². The molecule has 0 aliphatic carbocycles. The third-order valence-corrected chi connectivity index (χ3v) is 3.13. The van der Waals surface area contributed by atoms with Gasteiger partial charge in [-0.25, -0.2) is 4.39 Å². The van der Waals surface area contributed by atoms with E-state index < -0.39 is 5.60 Å². The van der Waals surface area contributed by atoms with Gasteiger partial charge in [-0.3, -0.25) is 0 Å². The lowest BCUT2D eigenvalue weighted by Crippen LogP contribution is -2.18. The van der Waals surface area contributed by atoms with Crippen molar-refractivity contribution in [3.05, 3.63) is 59.9 Å². The highest BCUT2D eigenvalue weighted by Crippen LogP contribution is 2.25. The molecule has 0 fully saturated rings. The van der Waals surface area contributed by atoms with Gasteiger partial charge in [-0.05, 0) is 35.7 Å². The van der Waals surface area contributed by atoms with Crippen LogP contribution in [0.5, 0.6) is 0 Å². The van der Waals surface area contributed by atoms with Crippen LogP contribution in [0.25, 0.3) is 11.1 Å². The molecule has 1 unspecified atom stereocenters. The van der Waals surface area contributed by atoms with Gasteiger partial charge in [0, 0.05) is 6.42 Å². The topological polar surface area (TPSA) is 20.2 Å². The first kappa shape index (κ1) is 14.3. The molecule has 0 bridgehead atoms. The Hall–Kier alpha value is -2.11. The van der Waals surface area contributed by atoms with Crippen molar-refractivity contribution in [2.24, 2.45) is 0 Å². The average Bonchev–Trinajstić information content (AvgIpc) is 2.46. The van der Waals surface area contributed by atoms with Crippen molar-refractivity contribution in [2.45, 2.75) is 25.9 Å². The van der Waals surface area contributed by atoms with E-state index in [9.17, 15) is 9.50 Å². The number of hydrogen-bond donors (Lipinski definition) is 1. The zero-order chi connectivity index (χ0) is 14.6. The van der Waals surface area contributed by atoms with Gasteiger partial charge in [-0.2, -0.15) is 0 Å². The van der Waals surface area contributed by atoms with E-state index in [0.29, 0.717) is 6.42 Å². The van der Waals surface area contributed by atoms with E-state index in [2.05, 4.69) is 11.8 Å². The monoisotopic (exact) mass is 268 g/mol. The van der Waals surface area contributed by atoms with E-state index in [-0.39, 0.29) is 5.82 Å². The molecule has 0 aliphatic heterocycles. The first-order valence-corrected chi connectivity index (χ1v) is 6.62. The molecule has 2 heteroatoms. The maximum absolute atomic E-state index is 12.9. The minimum atomic E-state index is -1.14. The van der Waals surface area contributed by atoms with Crippen LogP contribution in [0.1, 0.15) is 25.8 Å². The maximum Gasteiger partial charge on any atom is 0.148 e. The van der Waals surface area contributed by atoms with Crippen molar-refractivity contribution in [3.8, 4) is 23.0 Å². The van der Waals surface area contributed by atoms with Crippen molar-refractivity contribution in [1.82, 2.24) is 0 Å². The van der Waals surface area contributed by atoms with E-state index in [1.54, 1.807) is 19.1 Å². The largest absolute Gasteiger partial charge is 0.374 e. The third-order valence-electron chi connectivity index (χ3n) is 3.13. The molecule has 0 amide bonds. The van der Waals surface area contributed by atoms with E-state index in [1.165, 1.54) is 12.1 Å². The first-order chi connectivity index (χ1) is 9.53. The first-order valence-electron chi connectivity index (χ1n) is 6.62. The highest BCUT2D eigenvalue weighted by atomic mass is 19.1. The lowest BCUT2D eigenvalue weighted by Gasteiger charge is -2.17. The molecular formula is C18H17FO. The highest BCUT2D eigenvalue weighted by Gasteiger charge is 2.19. The van der Waals surface area contributed by atoms with E-state index in [0.717, 1.165) is 16.7 Å². The van der Waals surface area contributed by atoms with Gasteiger partial charge in [0.15, 0.2) is 0 Å². The molecule has 0 saturated heterocycles. The van der Waals surface area contributed by atoms with Crippen LogP contribution in [0.3, 0.4) is 0 Å². The summed E-state index contributed by atoms with van der Waals surface area (Å²) in [7, 11) is 0. The number of benzene rings is 2. The van der Waals surface area contributed by atoms with Gasteiger partial charge in [-0.15, -0.1) is 5.92 Å².